The standard InChI is InChI=1S/C14H10F4N2/c15-12-6-4-10(5-7-12)9-19-20-13-3-1-2-11(8-13)14(16,17)18/h1-9,20H. The summed E-state index contributed by atoms with van der Waals surface area (Å²) in [6, 6.07) is 10.3. The summed E-state index contributed by atoms with van der Waals surface area (Å²) in [5, 5.41) is 3.80. The van der Waals surface area contributed by atoms with Gasteiger partial charge in [0.1, 0.15) is 5.82 Å². The van der Waals surface area contributed by atoms with Gasteiger partial charge in [-0.25, -0.2) is 4.39 Å². The molecule has 0 radical (unpaired) electrons. The molecule has 0 unspecified atom stereocenters. The number of hydrogen-bond donors (Lipinski definition) is 1. The second-order valence-corrected chi connectivity index (χ2v) is 4.00. The van der Waals surface area contributed by atoms with Crippen LogP contribution in [0.5, 0.6) is 0 Å². The number of benzene rings is 2. The fourth-order valence-electron chi connectivity index (χ4n) is 1.50. The van der Waals surface area contributed by atoms with Crippen molar-refractivity contribution in [3.05, 3.63) is 65.5 Å². The molecule has 0 aliphatic heterocycles. The van der Waals surface area contributed by atoms with E-state index >= 15 is 0 Å². The van der Waals surface area contributed by atoms with E-state index in [-0.39, 0.29) is 11.5 Å². The van der Waals surface area contributed by atoms with Gasteiger partial charge < -0.3 is 0 Å². The highest BCUT2D eigenvalue weighted by molar-refractivity contribution is 5.80. The normalized spacial score (nSPS) is 11.8. The molecular formula is C14H10F4N2. The Kier molecular flexibility index (Phi) is 4.02. The van der Waals surface area contributed by atoms with Crippen LogP contribution in [0.4, 0.5) is 23.2 Å². The van der Waals surface area contributed by atoms with Gasteiger partial charge in [0.25, 0.3) is 0 Å². The molecule has 2 aromatic carbocycles. The van der Waals surface area contributed by atoms with E-state index < -0.39 is 11.7 Å². The highest BCUT2D eigenvalue weighted by Crippen LogP contribution is 2.30. The molecule has 0 amide bonds. The van der Waals surface area contributed by atoms with Crippen LogP contribution in [0.1, 0.15) is 11.1 Å². The third-order valence-corrected chi connectivity index (χ3v) is 2.47. The van der Waals surface area contributed by atoms with Crippen molar-refractivity contribution in [1.29, 1.82) is 0 Å². The van der Waals surface area contributed by atoms with E-state index in [0.717, 1.165) is 12.1 Å². The van der Waals surface area contributed by atoms with Gasteiger partial charge in [0.15, 0.2) is 0 Å². The lowest BCUT2D eigenvalue weighted by atomic mass is 10.2. The predicted octanol–water partition coefficient (Wildman–Crippen LogP) is 4.29. The minimum atomic E-state index is -4.39. The largest absolute Gasteiger partial charge is 0.416 e. The molecule has 0 aromatic heterocycles. The van der Waals surface area contributed by atoms with Crippen LogP contribution in [-0.2, 0) is 6.18 Å². The maximum absolute atomic E-state index is 12.7. The van der Waals surface area contributed by atoms with Gasteiger partial charge in [-0.2, -0.15) is 18.3 Å². The lowest BCUT2D eigenvalue weighted by Crippen LogP contribution is -2.05. The Morgan fingerprint density at radius 1 is 1.00 bits per heavy atom. The molecule has 0 saturated heterocycles. The summed E-state index contributed by atoms with van der Waals surface area (Å²) in [6.45, 7) is 0. The third-order valence-electron chi connectivity index (χ3n) is 2.47. The van der Waals surface area contributed by atoms with E-state index in [2.05, 4.69) is 10.5 Å². The first-order valence-electron chi connectivity index (χ1n) is 5.67. The minimum absolute atomic E-state index is 0.221. The Bertz CT molecular complexity index is 603. The molecule has 0 heterocycles. The second-order valence-electron chi connectivity index (χ2n) is 4.00. The monoisotopic (exact) mass is 282 g/mol. The third kappa shape index (κ3) is 3.81. The molecule has 0 fully saturated rings. The van der Waals surface area contributed by atoms with Gasteiger partial charge in [-0.05, 0) is 35.9 Å². The van der Waals surface area contributed by atoms with E-state index in [1.807, 2.05) is 0 Å². The molecular weight excluding hydrogens is 272 g/mol. The van der Waals surface area contributed by atoms with Gasteiger partial charge in [0.2, 0.25) is 0 Å². The number of hydrazone groups is 1. The lowest BCUT2D eigenvalue weighted by molar-refractivity contribution is -0.137. The van der Waals surface area contributed by atoms with Crippen LogP contribution in [0.25, 0.3) is 0 Å². The summed E-state index contributed by atoms with van der Waals surface area (Å²) >= 11 is 0. The Labute approximate surface area is 112 Å². The van der Waals surface area contributed by atoms with Gasteiger partial charge in [-0.15, -0.1) is 0 Å². The van der Waals surface area contributed by atoms with E-state index in [1.54, 1.807) is 0 Å². The van der Waals surface area contributed by atoms with Crippen molar-refractivity contribution >= 4 is 11.9 Å². The zero-order valence-corrected chi connectivity index (χ0v) is 10.2. The molecule has 0 atom stereocenters. The van der Waals surface area contributed by atoms with Crippen LogP contribution >= 0.6 is 0 Å². The van der Waals surface area contributed by atoms with Gasteiger partial charge in [-0.3, -0.25) is 5.43 Å². The van der Waals surface area contributed by atoms with Crippen molar-refractivity contribution < 1.29 is 17.6 Å². The van der Waals surface area contributed by atoms with Crippen molar-refractivity contribution in [3.63, 3.8) is 0 Å². The highest BCUT2D eigenvalue weighted by Gasteiger charge is 2.30. The summed E-state index contributed by atoms with van der Waals surface area (Å²) in [4.78, 5) is 0. The van der Waals surface area contributed by atoms with E-state index in [0.29, 0.717) is 5.56 Å². The molecule has 1 N–H and O–H groups in total. The average molecular weight is 282 g/mol. The van der Waals surface area contributed by atoms with Crippen molar-refractivity contribution in [3.8, 4) is 0 Å². The molecule has 104 valence electrons. The van der Waals surface area contributed by atoms with Crippen LogP contribution in [0, 0.1) is 5.82 Å². The topological polar surface area (TPSA) is 24.4 Å². The molecule has 6 heteroatoms. The van der Waals surface area contributed by atoms with E-state index in [9.17, 15) is 17.6 Å². The molecule has 0 saturated carbocycles. The number of alkyl halides is 3. The van der Waals surface area contributed by atoms with Gasteiger partial charge in [0, 0.05) is 0 Å². The fraction of sp³-hybridized carbons (Fsp3) is 0.0714. The quantitative estimate of drug-likeness (QED) is 0.507. The number of halogens is 4. The zero-order valence-electron chi connectivity index (χ0n) is 10.2. The molecule has 0 spiro atoms. The number of nitrogens with one attached hydrogen (secondary N) is 1. The molecule has 2 aromatic rings. The second kappa shape index (κ2) is 5.73. The number of rotatable bonds is 3. The average Bonchev–Trinajstić information content (AvgIpc) is 2.40. The van der Waals surface area contributed by atoms with E-state index in [1.165, 1.54) is 42.6 Å². The Morgan fingerprint density at radius 2 is 1.70 bits per heavy atom. The summed E-state index contributed by atoms with van der Waals surface area (Å²) in [5.74, 6) is -0.368. The summed E-state index contributed by atoms with van der Waals surface area (Å²) in [6.07, 6.45) is -3.00. The van der Waals surface area contributed by atoms with Crippen LogP contribution in [0.2, 0.25) is 0 Å². The first-order valence-corrected chi connectivity index (χ1v) is 5.67. The Morgan fingerprint density at radius 3 is 2.35 bits per heavy atom. The van der Waals surface area contributed by atoms with Crippen molar-refractivity contribution in [2.75, 3.05) is 5.43 Å². The zero-order chi connectivity index (χ0) is 14.6. The number of anilines is 1. The summed E-state index contributed by atoms with van der Waals surface area (Å²) in [5.41, 5.74) is 2.60. The smallest absolute Gasteiger partial charge is 0.278 e. The SMILES string of the molecule is Fc1ccc(C=NNc2cccc(C(F)(F)F)c2)cc1. The van der Waals surface area contributed by atoms with Crippen LogP contribution in [0.3, 0.4) is 0 Å². The minimum Gasteiger partial charge on any atom is -0.278 e. The fourth-order valence-corrected chi connectivity index (χ4v) is 1.50. The first kappa shape index (κ1) is 14.0. The van der Waals surface area contributed by atoms with E-state index in [4.69, 9.17) is 0 Å². The Hall–Kier alpha value is -2.37. The van der Waals surface area contributed by atoms with Crippen molar-refractivity contribution in [1.82, 2.24) is 0 Å². The predicted molar refractivity (Wildman–Crippen MR) is 69.1 cm³/mol. The van der Waals surface area contributed by atoms with Crippen LogP contribution < -0.4 is 5.43 Å². The molecule has 2 rings (SSSR count). The van der Waals surface area contributed by atoms with Crippen molar-refractivity contribution in [2.45, 2.75) is 6.18 Å². The van der Waals surface area contributed by atoms with Crippen molar-refractivity contribution in [2.24, 2.45) is 5.10 Å². The lowest BCUT2D eigenvalue weighted by Gasteiger charge is -2.07. The maximum atomic E-state index is 12.7. The highest BCUT2D eigenvalue weighted by atomic mass is 19.4. The number of hydrogen-bond acceptors (Lipinski definition) is 2. The molecule has 0 aliphatic rings. The van der Waals surface area contributed by atoms with Gasteiger partial charge in [-0.1, -0.05) is 18.2 Å². The molecule has 20 heavy (non-hydrogen) atoms. The first-order chi connectivity index (χ1) is 9.45. The summed E-state index contributed by atoms with van der Waals surface area (Å²) < 4.78 is 50.1. The molecule has 0 aliphatic carbocycles. The van der Waals surface area contributed by atoms with Gasteiger partial charge >= 0.3 is 6.18 Å². The van der Waals surface area contributed by atoms with Crippen LogP contribution in [0.15, 0.2) is 53.6 Å². The maximum Gasteiger partial charge on any atom is 0.416 e. The molecule has 2 nitrogen and oxygen atoms in total. The van der Waals surface area contributed by atoms with Gasteiger partial charge in [0.05, 0.1) is 17.5 Å². The van der Waals surface area contributed by atoms with Crippen LogP contribution in [-0.4, -0.2) is 6.21 Å². The molecule has 0 bridgehead atoms. The Balaban J connectivity index is 2.05. The summed E-state index contributed by atoms with van der Waals surface area (Å²) in [7, 11) is 0. The number of nitrogens with zero attached hydrogens (tertiary/aromatic N) is 1.